The van der Waals surface area contributed by atoms with Gasteiger partial charge in [-0.25, -0.2) is 4.79 Å². The van der Waals surface area contributed by atoms with Crippen molar-refractivity contribution in [3.05, 3.63) is 59.1 Å². The summed E-state index contributed by atoms with van der Waals surface area (Å²) in [6.45, 7) is -0.425. The summed E-state index contributed by atoms with van der Waals surface area (Å²) in [6.07, 6.45) is 0. The first-order valence-electron chi connectivity index (χ1n) is 6.07. The van der Waals surface area contributed by atoms with Crippen molar-refractivity contribution < 1.29 is 19.4 Å². The van der Waals surface area contributed by atoms with E-state index in [-0.39, 0.29) is 5.91 Å². The van der Waals surface area contributed by atoms with Crippen molar-refractivity contribution in [1.29, 1.82) is 0 Å². The first kappa shape index (κ1) is 14.9. The van der Waals surface area contributed by atoms with Gasteiger partial charge in [-0.3, -0.25) is 4.79 Å². The van der Waals surface area contributed by atoms with Gasteiger partial charge in [0.2, 0.25) is 0 Å². The maximum absolute atomic E-state index is 12.0. The van der Waals surface area contributed by atoms with Gasteiger partial charge in [-0.1, -0.05) is 23.7 Å². The van der Waals surface area contributed by atoms with Crippen LogP contribution in [0.3, 0.4) is 0 Å². The standard InChI is InChI=1S/C15H12ClNO4/c16-12-3-1-2-4-13(12)17-15(20)10-5-7-11(8-6-10)21-9-14(18)19/h1-8H,9H2,(H,17,20)(H,18,19). The minimum absolute atomic E-state index is 0.312. The second-order valence-corrected chi connectivity index (χ2v) is 4.55. The van der Waals surface area contributed by atoms with Gasteiger partial charge in [0.1, 0.15) is 5.75 Å². The van der Waals surface area contributed by atoms with Crippen LogP contribution in [0.2, 0.25) is 5.02 Å². The highest BCUT2D eigenvalue weighted by Crippen LogP contribution is 2.21. The number of hydrogen-bond acceptors (Lipinski definition) is 3. The molecule has 0 atom stereocenters. The first-order chi connectivity index (χ1) is 10.1. The summed E-state index contributed by atoms with van der Waals surface area (Å²) in [4.78, 5) is 22.4. The molecular formula is C15H12ClNO4. The highest BCUT2D eigenvalue weighted by molar-refractivity contribution is 6.33. The minimum Gasteiger partial charge on any atom is -0.482 e. The molecule has 0 unspecified atom stereocenters. The van der Waals surface area contributed by atoms with Crippen LogP contribution in [0.15, 0.2) is 48.5 Å². The Labute approximate surface area is 126 Å². The summed E-state index contributed by atoms with van der Waals surface area (Å²) in [5.41, 5.74) is 0.938. The number of carboxylic acid groups (broad SMARTS) is 1. The molecule has 0 saturated carbocycles. The number of carbonyl (C=O) groups is 2. The number of carbonyl (C=O) groups excluding carboxylic acids is 1. The van der Waals surface area contributed by atoms with Gasteiger partial charge in [0.25, 0.3) is 5.91 Å². The Morgan fingerprint density at radius 2 is 1.76 bits per heavy atom. The van der Waals surface area contributed by atoms with Gasteiger partial charge in [0, 0.05) is 5.56 Å². The normalized spacial score (nSPS) is 9.95. The fourth-order valence-electron chi connectivity index (χ4n) is 1.60. The van der Waals surface area contributed by atoms with Crippen molar-refractivity contribution in [2.24, 2.45) is 0 Å². The number of anilines is 1. The van der Waals surface area contributed by atoms with Gasteiger partial charge in [0.15, 0.2) is 6.61 Å². The number of ether oxygens (including phenoxy) is 1. The second-order valence-electron chi connectivity index (χ2n) is 4.14. The summed E-state index contributed by atoms with van der Waals surface area (Å²) in [7, 11) is 0. The molecule has 2 aromatic carbocycles. The molecule has 0 saturated heterocycles. The smallest absolute Gasteiger partial charge is 0.341 e. The zero-order valence-corrected chi connectivity index (χ0v) is 11.6. The lowest BCUT2D eigenvalue weighted by molar-refractivity contribution is -0.139. The zero-order valence-electron chi connectivity index (χ0n) is 10.9. The van der Waals surface area contributed by atoms with E-state index in [1.54, 1.807) is 36.4 Å². The lowest BCUT2D eigenvalue weighted by atomic mass is 10.2. The van der Waals surface area contributed by atoms with Gasteiger partial charge < -0.3 is 15.2 Å². The topological polar surface area (TPSA) is 75.6 Å². The third kappa shape index (κ3) is 4.22. The van der Waals surface area contributed by atoms with E-state index >= 15 is 0 Å². The molecule has 0 spiro atoms. The van der Waals surface area contributed by atoms with Gasteiger partial charge >= 0.3 is 5.97 Å². The fraction of sp³-hybridized carbons (Fsp3) is 0.0667. The number of aliphatic carboxylic acids is 1. The first-order valence-corrected chi connectivity index (χ1v) is 6.44. The summed E-state index contributed by atoms with van der Waals surface area (Å²) in [5.74, 6) is -0.991. The predicted molar refractivity (Wildman–Crippen MR) is 79.0 cm³/mol. The Morgan fingerprint density at radius 3 is 2.38 bits per heavy atom. The SMILES string of the molecule is O=C(O)COc1ccc(C(=O)Nc2ccccc2Cl)cc1. The minimum atomic E-state index is -1.06. The van der Waals surface area contributed by atoms with Crippen LogP contribution in [0.4, 0.5) is 5.69 Å². The highest BCUT2D eigenvalue weighted by Gasteiger charge is 2.08. The molecule has 2 aromatic rings. The van der Waals surface area contributed by atoms with Crippen LogP contribution in [0, 0.1) is 0 Å². The van der Waals surface area contributed by atoms with Crippen molar-refractivity contribution in [1.82, 2.24) is 0 Å². The molecule has 0 bridgehead atoms. The van der Waals surface area contributed by atoms with Gasteiger partial charge in [-0.2, -0.15) is 0 Å². The molecule has 0 fully saturated rings. The van der Waals surface area contributed by atoms with E-state index in [1.165, 1.54) is 12.1 Å². The number of carboxylic acids is 1. The lowest BCUT2D eigenvalue weighted by Crippen LogP contribution is -2.12. The van der Waals surface area contributed by atoms with E-state index in [0.29, 0.717) is 22.0 Å². The van der Waals surface area contributed by atoms with Crippen molar-refractivity contribution >= 4 is 29.2 Å². The van der Waals surface area contributed by atoms with E-state index in [0.717, 1.165) is 0 Å². The second kappa shape index (κ2) is 6.76. The molecule has 0 heterocycles. The highest BCUT2D eigenvalue weighted by atomic mass is 35.5. The molecule has 2 N–H and O–H groups in total. The number of rotatable bonds is 5. The Balaban J connectivity index is 2.03. The van der Waals surface area contributed by atoms with E-state index in [1.807, 2.05) is 0 Å². The predicted octanol–water partition coefficient (Wildman–Crippen LogP) is 3.06. The molecule has 2 rings (SSSR count). The largest absolute Gasteiger partial charge is 0.482 e. The maximum atomic E-state index is 12.0. The van der Waals surface area contributed by atoms with Gasteiger partial charge in [0.05, 0.1) is 10.7 Å². The number of benzene rings is 2. The maximum Gasteiger partial charge on any atom is 0.341 e. The van der Waals surface area contributed by atoms with E-state index in [9.17, 15) is 9.59 Å². The molecule has 0 radical (unpaired) electrons. The fourth-order valence-corrected chi connectivity index (χ4v) is 1.79. The Kier molecular flexibility index (Phi) is 4.79. The Morgan fingerprint density at radius 1 is 1.10 bits per heavy atom. The summed E-state index contributed by atoms with van der Waals surface area (Å²) in [6, 6.07) is 13.1. The number of amides is 1. The van der Waals surface area contributed by atoms with Crippen molar-refractivity contribution in [3.8, 4) is 5.75 Å². The number of hydrogen-bond donors (Lipinski definition) is 2. The lowest BCUT2D eigenvalue weighted by Gasteiger charge is -2.08. The summed E-state index contributed by atoms with van der Waals surface area (Å²) < 4.78 is 4.99. The molecule has 6 heteroatoms. The average Bonchev–Trinajstić information content (AvgIpc) is 2.48. The molecule has 0 aliphatic rings. The zero-order chi connectivity index (χ0) is 15.2. The van der Waals surface area contributed by atoms with Crippen molar-refractivity contribution in [2.75, 3.05) is 11.9 Å². The molecular weight excluding hydrogens is 294 g/mol. The van der Waals surface area contributed by atoms with Gasteiger partial charge in [-0.15, -0.1) is 0 Å². The van der Waals surface area contributed by atoms with Crippen LogP contribution in [0.5, 0.6) is 5.75 Å². The molecule has 0 aliphatic heterocycles. The number of para-hydroxylation sites is 1. The summed E-state index contributed by atoms with van der Waals surface area (Å²) >= 11 is 5.96. The molecule has 1 amide bonds. The van der Waals surface area contributed by atoms with Crippen LogP contribution < -0.4 is 10.1 Å². The van der Waals surface area contributed by atoms with Crippen LogP contribution in [-0.2, 0) is 4.79 Å². The average molecular weight is 306 g/mol. The van der Waals surface area contributed by atoms with Crippen LogP contribution in [0.25, 0.3) is 0 Å². The third-order valence-corrected chi connectivity index (χ3v) is 2.93. The summed E-state index contributed by atoms with van der Waals surface area (Å²) in [5, 5.41) is 11.6. The van der Waals surface area contributed by atoms with Crippen molar-refractivity contribution in [2.45, 2.75) is 0 Å². The number of halogens is 1. The van der Waals surface area contributed by atoms with Crippen LogP contribution >= 0.6 is 11.6 Å². The van der Waals surface area contributed by atoms with Crippen molar-refractivity contribution in [3.63, 3.8) is 0 Å². The molecule has 108 valence electrons. The molecule has 21 heavy (non-hydrogen) atoms. The van der Waals surface area contributed by atoms with Crippen LogP contribution in [-0.4, -0.2) is 23.6 Å². The van der Waals surface area contributed by atoms with E-state index in [4.69, 9.17) is 21.4 Å². The quantitative estimate of drug-likeness (QED) is 0.890. The monoisotopic (exact) mass is 305 g/mol. The Hall–Kier alpha value is -2.53. The van der Waals surface area contributed by atoms with Crippen LogP contribution in [0.1, 0.15) is 10.4 Å². The number of nitrogens with one attached hydrogen (secondary N) is 1. The third-order valence-electron chi connectivity index (χ3n) is 2.60. The molecule has 0 aromatic heterocycles. The van der Waals surface area contributed by atoms with Gasteiger partial charge in [-0.05, 0) is 36.4 Å². The van der Waals surface area contributed by atoms with E-state index < -0.39 is 12.6 Å². The Bertz CT molecular complexity index is 655. The van der Waals surface area contributed by atoms with E-state index in [2.05, 4.69) is 5.32 Å². The molecule has 5 nitrogen and oxygen atoms in total. The molecule has 0 aliphatic carbocycles.